The topological polar surface area (TPSA) is 64.6 Å². The van der Waals surface area contributed by atoms with Gasteiger partial charge in [-0.05, 0) is 39.8 Å². The van der Waals surface area contributed by atoms with Crippen LogP contribution in [0.25, 0.3) is 0 Å². The minimum absolute atomic E-state index is 0.234. The number of nitrogens with one attached hydrogen (secondary N) is 1. The van der Waals surface area contributed by atoms with E-state index in [0.717, 1.165) is 0 Å². The molecule has 5 nitrogen and oxygen atoms in total. The van der Waals surface area contributed by atoms with Crippen molar-refractivity contribution in [1.29, 1.82) is 0 Å². The van der Waals surface area contributed by atoms with Gasteiger partial charge in [-0.25, -0.2) is 5.09 Å². The van der Waals surface area contributed by atoms with Gasteiger partial charge in [0.2, 0.25) is 0 Å². The largest absolute Gasteiger partial charge is 0.462 e. The molecule has 0 radical (unpaired) electrons. The van der Waals surface area contributed by atoms with Gasteiger partial charge in [-0.2, -0.15) is 0 Å². The molecule has 0 saturated heterocycles. The molecule has 0 saturated carbocycles. The number of ether oxygens (including phenoxy) is 1. The molecular weight excluding hydrogens is 301 g/mol. The lowest BCUT2D eigenvalue weighted by Crippen LogP contribution is -2.48. The Morgan fingerprint density at radius 1 is 1.14 bits per heavy atom. The molecule has 0 amide bonds. The first kappa shape index (κ1) is 18.7. The van der Waals surface area contributed by atoms with E-state index < -0.39 is 19.0 Å². The van der Waals surface area contributed by atoms with Crippen molar-refractivity contribution in [2.45, 2.75) is 58.8 Å². The molecule has 0 fully saturated rings. The minimum Gasteiger partial charge on any atom is -0.462 e. The molecule has 6 heteroatoms. The van der Waals surface area contributed by atoms with Gasteiger partial charge in [0.15, 0.2) is 0 Å². The van der Waals surface area contributed by atoms with Crippen LogP contribution in [0.2, 0.25) is 0 Å². The lowest BCUT2D eigenvalue weighted by atomic mass is 10.1. The molecule has 1 atom stereocenters. The molecule has 1 aromatic rings. The molecule has 1 rings (SSSR count). The molecule has 1 unspecified atom stereocenters. The van der Waals surface area contributed by atoms with E-state index in [4.69, 9.17) is 9.26 Å². The molecule has 0 bridgehead atoms. The first-order chi connectivity index (χ1) is 10.1. The summed E-state index contributed by atoms with van der Waals surface area (Å²) >= 11 is 0. The molecule has 1 aromatic carbocycles. The monoisotopic (exact) mass is 327 g/mol. The summed E-state index contributed by atoms with van der Waals surface area (Å²) in [6, 6.07) is 8.92. The standard InChI is InChI=1S/C16H26NO4P/c1-12(2)20-15(18)16(5,6)17-22(19,13(3)4)21-14-10-8-7-9-11-14/h7-13H,1-6H3,(H,17,19). The van der Waals surface area contributed by atoms with Gasteiger partial charge in [0.05, 0.1) is 11.8 Å². The van der Waals surface area contributed by atoms with Crippen LogP contribution in [-0.2, 0) is 14.1 Å². The molecule has 0 heterocycles. The highest BCUT2D eigenvalue weighted by Gasteiger charge is 2.41. The zero-order valence-corrected chi connectivity index (χ0v) is 15.0. The van der Waals surface area contributed by atoms with E-state index in [0.29, 0.717) is 5.75 Å². The van der Waals surface area contributed by atoms with Crippen LogP contribution in [0.3, 0.4) is 0 Å². The maximum Gasteiger partial charge on any atom is 0.326 e. The molecule has 0 aliphatic carbocycles. The summed E-state index contributed by atoms with van der Waals surface area (Å²) in [5.41, 5.74) is -1.41. The Morgan fingerprint density at radius 2 is 1.68 bits per heavy atom. The number of hydrogen-bond donors (Lipinski definition) is 1. The average molecular weight is 327 g/mol. The van der Waals surface area contributed by atoms with Gasteiger partial charge in [-0.15, -0.1) is 0 Å². The van der Waals surface area contributed by atoms with Crippen molar-refractivity contribution in [2.24, 2.45) is 0 Å². The quantitative estimate of drug-likeness (QED) is 0.606. The lowest BCUT2D eigenvalue weighted by Gasteiger charge is -2.32. The van der Waals surface area contributed by atoms with Gasteiger partial charge in [0.25, 0.3) is 0 Å². The molecular formula is C16H26NO4P. The number of para-hydroxylation sites is 1. The first-order valence-corrected chi connectivity index (χ1v) is 9.11. The van der Waals surface area contributed by atoms with Crippen LogP contribution in [0.1, 0.15) is 41.5 Å². The van der Waals surface area contributed by atoms with E-state index in [1.807, 2.05) is 6.07 Å². The normalized spacial score (nSPS) is 14.7. The van der Waals surface area contributed by atoms with Gasteiger partial charge in [0.1, 0.15) is 11.3 Å². The van der Waals surface area contributed by atoms with Crippen molar-refractivity contribution >= 4 is 13.5 Å². The molecule has 1 N–H and O–H groups in total. The second kappa shape index (κ2) is 7.30. The van der Waals surface area contributed by atoms with Crippen molar-refractivity contribution in [2.75, 3.05) is 0 Å². The van der Waals surface area contributed by atoms with Crippen molar-refractivity contribution in [1.82, 2.24) is 5.09 Å². The fraction of sp³-hybridized carbons (Fsp3) is 0.562. The van der Waals surface area contributed by atoms with E-state index in [9.17, 15) is 9.36 Å². The molecule has 124 valence electrons. The van der Waals surface area contributed by atoms with Crippen LogP contribution < -0.4 is 9.61 Å². The second-order valence-electron chi connectivity index (χ2n) is 6.29. The van der Waals surface area contributed by atoms with Crippen LogP contribution >= 0.6 is 7.52 Å². The van der Waals surface area contributed by atoms with E-state index in [1.54, 1.807) is 65.8 Å². The number of rotatable bonds is 7. The number of esters is 1. The average Bonchev–Trinajstić information content (AvgIpc) is 2.38. The number of benzene rings is 1. The molecule has 0 aromatic heterocycles. The second-order valence-corrected chi connectivity index (χ2v) is 8.92. The maximum absolute atomic E-state index is 13.1. The molecule has 0 aliphatic heterocycles. The Hall–Kier alpha value is -1.32. The van der Waals surface area contributed by atoms with E-state index in [-0.39, 0.29) is 11.8 Å². The van der Waals surface area contributed by atoms with Gasteiger partial charge in [-0.3, -0.25) is 9.36 Å². The first-order valence-electron chi connectivity index (χ1n) is 7.42. The molecule has 0 aliphatic rings. The zero-order chi connectivity index (χ0) is 17.0. The summed E-state index contributed by atoms with van der Waals surface area (Å²) in [7, 11) is -3.28. The predicted octanol–water partition coefficient (Wildman–Crippen LogP) is 3.99. The summed E-state index contributed by atoms with van der Waals surface area (Å²) in [6.45, 7) is 10.4. The maximum atomic E-state index is 13.1. The number of carbonyl (C=O) groups excluding carboxylic acids is 1. The smallest absolute Gasteiger partial charge is 0.326 e. The van der Waals surface area contributed by atoms with E-state index in [2.05, 4.69) is 5.09 Å². The Bertz CT molecular complexity index is 540. The van der Waals surface area contributed by atoms with Gasteiger partial charge in [-0.1, -0.05) is 32.0 Å². The Morgan fingerprint density at radius 3 is 2.14 bits per heavy atom. The third kappa shape index (κ3) is 5.15. The highest BCUT2D eigenvalue weighted by atomic mass is 31.2. The highest BCUT2D eigenvalue weighted by molar-refractivity contribution is 7.58. The van der Waals surface area contributed by atoms with Gasteiger partial charge < -0.3 is 9.26 Å². The van der Waals surface area contributed by atoms with Crippen LogP contribution in [0.15, 0.2) is 30.3 Å². The van der Waals surface area contributed by atoms with Gasteiger partial charge in [0, 0.05) is 0 Å². The summed E-state index contributed by atoms with van der Waals surface area (Å²) in [5.74, 6) is 0.0418. The van der Waals surface area contributed by atoms with Crippen molar-refractivity contribution in [3.8, 4) is 5.75 Å². The molecule has 0 spiro atoms. The fourth-order valence-electron chi connectivity index (χ4n) is 1.69. The zero-order valence-electron chi connectivity index (χ0n) is 14.1. The van der Waals surface area contributed by atoms with Gasteiger partial charge >= 0.3 is 13.5 Å². The SMILES string of the molecule is CC(C)OC(=O)C(C)(C)NP(=O)(Oc1ccccc1)C(C)C. The van der Waals surface area contributed by atoms with Crippen molar-refractivity contribution < 1.29 is 18.6 Å². The van der Waals surface area contributed by atoms with Crippen LogP contribution in [0.5, 0.6) is 5.75 Å². The molecule has 22 heavy (non-hydrogen) atoms. The van der Waals surface area contributed by atoms with E-state index in [1.165, 1.54) is 0 Å². The van der Waals surface area contributed by atoms with Crippen LogP contribution in [-0.4, -0.2) is 23.3 Å². The summed E-state index contributed by atoms with van der Waals surface area (Å²) in [6.07, 6.45) is -0.234. The van der Waals surface area contributed by atoms with Crippen LogP contribution in [0, 0.1) is 0 Å². The Balaban J connectivity index is 2.96. The number of carbonyl (C=O) groups is 1. The highest BCUT2D eigenvalue weighted by Crippen LogP contribution is 2.49. The van der Waals surface area contributed by atoms with Crippen LogP contribution in [0.4, 0.5) is 0 Å². The van der Waals surface area contributed by atoms with Crippen molar-refractivity contribution in [3.63, 3.8) is 0 Å². The summed E-state index contributed by atoms with van der Waals surface area (Å²) in [5, 5.41) is 2.88. The third-order valence-electron chi connectivity index (χ3n) is 2.95. The Kier molecular flexibility index (Phi) is 6.21. The fourth-order valence-corrected chi connectivity index (χ4v) is 3.51. The number of hydrogen-bond acceptors (Lipinski definition) is 4. The lowest BCUT2D eigenvalue weighted by molar-refractivity contribution is -0.153. The summed E-state index contributed by atoms with van der Waals surface area (Å²) in [4.78, 5) is 12.2. The van der Waals surface area contributed by atoms with E-state index >= 15 is 0 Å². The van der Waals surface area contributed by atoms with Crippen molar-refractivity contribution in [3.05, 3.63) is 30.3 Å². The summed E-state index contributed by atoms with van der Waals surface area (Å²) < 4.78 is 24.1. The minimum atomic E-state index is -3.28. The Labute approximate surface area is 132 Å². The third-order valence-corrected chi connectivity index (χ3v) is 5.66. The predicted molar refractivity (Wildman–Crippen MR) is 88.3 cm³/mol.